The van der Waals surface area contributed by atoms with Crippen LogP contribution in [-0.2, 0) is 17.5 Å². The third kappa shape index (κ3) is 5.36. The summed E-state index contributed by atoms with van der Waals surface area (Å²) in [7, 11) is 0. The number of benzene rings is 2. The van der Waals surface area contributed by atoms with E-state index >= 15 is 17.6 Å². The van der Waals surface area contributed by atoms with Gasteiger partial charge >= 0.3 is 17.6 Å². The molecule has 0 saturated carbocycles. The number of ether oxygens (including phenoxy) is 1. The van der Waals surface area contributed by atoms with E-state index in [2.05, 4.69) is 26.5 Å². The van der Waals surface area contributed by atoms with Crippen molar-refractivity contribution in [1.82, 2.24) is 29.4 Å². The summed E-state index contributed by atoms with van der Waals surface area (Å²) < 4.78 is 83.3. The van der Waals surface area contributed by atoms with Crippen LogP contribution in [0.4, 0.5) is 27.8 Å². The molecule has 11 nitrogen and oxygen atoms in total. The van der Waals surface area contributed by atoms with Gasteiger partial charge in [-0.05, 0) is 24.3 Å². The Labute approximate surface area is 271 Å². The molecule has 1 fully saturated rings. The number of imidazole rings is 1. The molecule has 248 valence electrons. The molecule has 2 aliphatic heterocycles. The molecule has 7 rings (SSSR count). The summed E-state index contributed by atoms with van der Waals surface area (Å²) >= 11 is 0.907. The highest BCUT2D eigenvalue weighted by Gasteiger charge is 2.40. The predicted octanol–water partition coefficient (Wildman–Crippen LogP) is 4.31. The second-order valence-corrected chi connectivity index (χ2v) is 12.2. The molecule has 2 aromatic carbocycles. The molecule has 0 bridgehead atoms. The van der Waals surface area contributed by atoms with Crippen LogP contribution >= 0.6 is 11.8 Å². The Balaban J connectivity index is 1.51. The molecular weight excluding hydrogens is 661 g/mol. The first-order valence-corrected chi connectivity index (χ1v) is 15.6. The van der Waals surface area contributed by atoms with Gasteiger partial charge in [-0.2, -0.15) is 18.2 Å². The number of aromatic nitrogens is 5. The molecule has 1 amide bonds. The lowest BCUT2D eigenvalue weighted by Gasteiger charge is -2.35. The third-order valence-electron chi connectivity index (χ3n) is 8.28. The number of piperazine rings is 1. The van der Waals surface area contributed by atoms with Crippen LogP contribution in [0.3, 0.4) is 0 Å². The third-order valence-corrected chi connectivity index (χ3v) is 9.50. The fraction of sp³-hybridized carbons (Fsp3) is 0.258. The average Bonchev–Trinajstić information content (AvgIpc) is 3.35. The number of amides is 1. The van der Waals surface area contributed by atoms with Gasteiger partial charge in [0.1, 0.15) is 29.0 Å². The summed E-state index contributed by atoms with van der Waals surface area (Å²) in [6.45, 7) is 4.07. The zero-order chi connectivity index (χ0) is 33.9. The van der Waals surface area contributed by atoms with Crippen molar-refractivity contribution in [1.29, 1.82) is 0 Å². The fourth-order valence-corrected chi connectivity index (χ4v) is 7.41. The van der Waals surface area contributed by atoms with E-state index in [1.807, 2.05) is 0 Å². The Morgan fingerprint density at radius 2 is 1.73 bits per heavy atom. The maximum atomic E-state index is 15.8. The molecule has 3 aromatic heterocycles. The van der Waals surface area contributed by atoms with E-state index in [0.717, 1.165) is 23.9 Å². The van der Waals surface area contributed by atoms with Crippen molar-refractivity contribution in [3.05, 3.63) is 87.5 Å². The van der Waals surface area contributed by atoms with Gasteiger partial charge in [0.25, 0.3) is 0 Å². The van der Waals surface area contributed by atoms with Gasteiger partial charge in [-0.1, -0.05) is 6.58 Å². The lowest BCUT2D eigenvalue weighted by atomic mass is 9.94. The minimum atomic E-state index is -5.09. The summed E-state index contributed by atoms with van der Waals surface area (Å²) in [5.74, 6) is -2.47. The number of alkyl halides is 3. The van der Waals surface area contributed by atoms with Crippen LogP contribution in [-0.4, -0.2) is 73.3 Å². The Hall–Kier alpha value is -5.19. The number of rotatable bonds is 5. The van der Waals surface area contributed by atoms with E-state index in [-0.39, 0.29) is 66.0 Å². The molecule has 1 atom stereocenters. The van der Waals surface area contributed by atoms with Crippen LogP contribution in [0.25, 0.3) is 33.1 Å². The molecule has 2 N–H and O–H groups in total. The van der Waals surface area contributed by atoms with E-state index in [0.29, 0.717) is 11.8 Å². The minimum absolute atomic E-state index is 0.0140. The van der Waals surface area contributed by atoms with Crippen LogP contribution in [0.15, 0.2) is 63.8 Å². The van der Waals surface area contributed by atoms with Gasteiger partial charge in [0, 0.05) is 71.8 Å². The highest BCUT2D eigenvalue weighted by molar-refractivity contribution is 7.99. The number of nitrogens with one attached hydrogen (secondary N) is 2. The lowest BCUT2D eigenvalue weighted by Crippen LogP contribution is -2.49. The first-order chi connectivity index (χ1) is 22.9. The van der Waals surface area contributed by atoms with Crippen molar-refractivity contribution in [2.75, 3.05) is 36.8 Å². The second kappa shape index (κ2) is 11.8. The predicted molar refractivity (Wildman–Crippen MR) is 167 cm³/mol. The van der Waals surface area contributed by atoms with Gasteiger partial charge < -0.3 is 24.5 Å². The smallest absolute Gasteiger partial charge is 0.417 e. The largest absolute Gasteiger partial charge is 0.488 e. The van der Waals surface area contributed by atoms with Gasteiger partial charge in [0.15, 0.2) is 5.82 Å². The van der Waals surface area contributed by atoms with Gasteiger partial charge in [0.2, 0.25) is 5.91 Å². The van der Waals surface area contributed by atoms with E-state index in [1.54, 1.807) is 17.0 Å². The number of H-pyrrole nitrogens is 2. The van der Waals surface area contributed by atoms with E-state index in [9.17, 15) is 18.8 Å². The number of carbonyl (C=O) groups excluding carboxylic acids is 1. The Morgan fingerprint density at radius 3 is 2.42 bits per heavy atom. The second-order valence-electron chi connectivity index (χ2n) is 11.1. The van der Waals surface area contributed by atoms with Crippen molar-refractivity contribution in [2.24, 2.45) is 0 Å². The lowest BCUT2D eigenvalue weighted by molar-refractivity contribution is -0.137. The van der Waals surface area contributed by atoms with E-state index < -0.39 is 63.0 Å². The number of hydrogen-bond acceptors (Lipinski definition) is 8. The number of aromatic amines is 2. The number of nitrogens with zero attached hydrogens (tertiary/aromatic N) is 5. The molecule has 17 heteroatoms. The van der Waals surface area contributed by atoms with Gasteiger partial charge in [-0.15, -0.1) is 11.8 Å². The molecule has 5 aromatic rings. The van der Waals surface area contributed by atoms with Crippen molar-refractivity contribution in [3.63, 3.8) is 0 Å². The quantitative estimate of drug-likeness (QED) is 0.207. The number of halogens is 5. The zero-order valence-corrected chi connectivity index (χ0v) is 25.6. The van der Waals surface area contributed by atoms with E-state index in [1.165, 1.54) is 21.9 Å². The van der Waals surface area contributed by atoms with Crippen molar-refractivity contribution < 1.29 is 31.5 Å². The van der Waals surface area contributed by atoms with E-state index in [4.69, 9.17) is 4.74 Å². The average molecular weight is 686 g/mol. The summed E-state index contributed by atoms with van der Waals surface area (Å²) in [5, 5.41) is -0.0393. The number of thioether (sulfide) groups is 1. The highest BCUT2D eigenvalue weighted by Crippen LogP contribution is 2.50. The van der Waals surface area contributed by atoms with Crippen LogP contribution in [0, 0.1) is 11.6 Å². The van der Waals surface area contributed by atoms with Crippen molar-refractivity contribution in [3.8, 4) is 16.9 Å². The van der Waals surface area contributed by atoms with Crippen LogP contribution in [0.1, 0.15) is 5.56 Å². The molecule has 1 unspecified atom stereocenters. The Kier molecular flexibility index (Phi) is 7.72. The number of carbonyl (C=O) groups is 1. The highest BCUT2D eigenvalue weighted by atomic mass is 32.2. The molecule has 1 saturated heterocycles. The topological polar surface area (TPSA) is 129 Å². The van der Waals surface area contributed by atoms with Gasteiger partial charge in [-0.3, -0.25) is 14.3 Å². The Morgan fingerprint density at radius 1 is 1.02 bits per heavy atom. The molecule has 0 aliphatic carbocycles. The fourth-order valence-electron chi connectivity index (χ4n) is 6.17. The number of hydrogen-bond donors (Lipinski definition) is 2. The van der Waals surface area contributed by atoms with Crippen LogP contribution < -0.4 is 21.0 Å². The molecule has 2 aliphatic rings. The standard InChI is InChI=1S/C31H24F5N7O4S/c1-2-21(44)41-7-9-42(10-8-41)28-17-11-18(31(34,35)36)22(23-19(32)12-20(33)24-25(23)39-29(45)38-24)27-26(17)43(30(46)40-28)13-16(14-48-27)47-15-3-5-37-6-4-15/h2-6,11-12,16H,1,7-10,13-14H2,(H2,38,39,45). The summed E-state index contributed by atoms with van der Waals surface area (Å²) in [6.07, 6.45) is -1.71. The molecule has 5 heterocycles. The summed E-state index contributed by atoms with van der Waals surface area (Å²) in [5.41, 5.74) is -5.36. The van der Waals surface area contributed by atoms with Crippen LogP contribution in [0.2, 0.25) is 0 Å². The minimum Gasteiger partial charge on any atom is -0.488 e. The summed E-state index contributed by atoms with van der Waals surface area (Å²) in [4.78, 5) is 53.8. The first-order valence-electron chi connectivity index (χ1n) is 14.6. The molecular formula is C31H24F5N7O4S. The maximum Gasteiger partial charge on any atom is 0.417 e. The number of fused-ring (bicyclic) bond motifs is 1. The molecule has 0 radical (unpaired) electrons. The number of pyridine rings is 1. The normalized spacial score (nSPS) is 16.7. The first kappa shape index (κ1) is 31.4. The SMILES string of the molecule is C=CC(=O)N1CCN(c2nc(=O)n3c4c(c(-c5c(F)cc(F)c6[nH]c(=O)[nH]c56)c(C(F)(F)F)cc24)SCC(Oc2ccncc2)C3)CC1. The van der Waals surface area contributed by atoms with Crippen LogP contribution in [0.5, 0.6) is 5.75 Å². The van der Waals surface area contributed by atoms with Crippen molar-refractivity contribution >= 4 is 45.4 Å². The zero-order valence-electron chi connectivity index (χ0n) is 24.7. The van der Waals surface area contributed by atoms with Crippen molar-refractivity contribution in [2.45, 2.75) is 23.7 Å². The monoisotopic (exact) mass is 685 g/mol. The van der Waals surface area contributed by atoms with Gasteiger partial charge in [-0.25, -0.2) is 18.4 Å². The molecule has 48 heavy (non-hydrogen) atoms. The van der Waals surface area contributed by atoms with Gasteiger partial charge in [0.05, 0.1) is 23.1 Å². The maximum absolute atomic E-state index is 15.8. The number of anilines is 1. The Bertz CT molecular complexity index is 2230. The summed E-state index contributed by atoms with van der Waals surface area (Å²) in [6, 6.07) is 4.38. The molecule has 0 spiro atoms.